The fraction of sp³-hybridized carbons (Fsp3) is 0.259. The first kappa shape index (κ1) is 24.1. The fourth-order valence-corrected chi connectivity index (χ4v) is 5.04. The van der Waals surface area contributed by atoms with E-state index in [1.165, 1.54) is 11.3 Å². The lowest BCUT2D eigenvalue weighted by atomic mass is 9.72. The molecule has 3 aromatic carbocycles. The number of fused-ring (bicyclic) bond motifs is 1. The quantitative estimate of drug-likeness (QED) is 0.376. The summed E-state index contributed by atoms with van der Waals surface area (Å²) in [7, 11) is 0. The molecule has 0 spiro atoms. The van der Waals surface area contributed by atoms with E-state index in [0.717, 1.165) is 18.7 Å². The molecule has 1 amide bonds. The van der Waals surface area contributed by atoms with E-state index < -0.39 is 11.4 Å². The second kappa shape index (κ2) is 9.69. The van der Waals surface area contributed by atoms with Crippen molar-refractivity contribution < 1.29 is 14.3 Å². The number of carbonyl (C=O) groups is 2. The molecule has 1 unspecified atom stereocenters. The van der Waals surface area contributed by atoms with Crippen LogP contribution in [0.3, 0.4) is 0 Å². The molecule has 1 saturated heterocycles. The number of amides is 1. The van der Waals surface area contributed by atoms with Crippen LogP contribution in [0.5, 0.6) is 5.75 Å². The summed E-state index contributed by atoms with van der Waals surface area (Å²) in [4.78, 5) is 31.0. The van der Waals surface area contributed by atoms with Crippen LogP contribution in [0.15, 0.2) is 72.8 Å². The minimum atomic E-state index is -1.20. The molecule has 1 fully saturated rings. The van der Waals surface area contributed by atoms with Crippen molar-refractivity contribution in [1.29, 1.82) is 0 Å². The van der Waals surface area contributed by atoms with E-state index in [1.807, 2.05) is 35.2 Å². The molecule has 2 aliphatic heterocycles. The molecule has 34 heavy (non-hydrogen) atoms. The van der Waals surface area contributed by atoms with Crippen LogP contribution in [0.25, 0.3) is 0 Å². The Hall–Kier alpha value is -3.02. The van der Waals surface area contributed by atoms with Gasteiger partial charge in [-0.25, -0.2) is 0 Å². The largest absolute Gasteiger partial charge is 0.425 e. The van der Waals surface area contributed by atoms with E-state index in [9.17, 15) is 9.59 Å². The van der Waals surface area contributed by atoms with Crippen molar-refractivity contribution in [3.05, 3.63) is 94.5 Å². The van der Waals surface area contributed by atoms with Gasteiger partial charge in [0.15, 0.2) is 0 Å². The highest BCUT2D eigenvalue weighted by molar-refractivity contribution is 6.30. The van der Waals surface area contributed by atoms with Crippen LogP contribution < -0.4 is 9.64 Å². The number of aryl methyl sites for hydroxylation is 1. The lowest BCUT2D eigenvalue weighted by molar-refractivity contribution is -0.142. The Morgan fingerprint density at radius 3 is 2.41 bits per heavy atom. The number of esters is 1. The molecule has 176 valence electrons. The summed E-state index contributed by atoms with van der Waals surface area (Å²) in [6, 6.07) is 22.9. The monoisotopic (exact) mass is 496 g/mol. The first-order chi connectivity index (χ1) is 16.0. The molecule has 2 aliphatic rings. The molecular weight excluding hydrogens is 471 g/mol. The lowest BCUT2D eigenvalue weighted by Gasteiger charge is -2.37. The predicted octanol–water partition coefficient (Wildman–Crippen LogP) is 5.01. The van der Waals surface area contributed by atoms with Gasteiger partial charge >= 0.3 is 5.97 Å². The number of piperazine rings is 1. The Kier molecular flexibility index (Phi) is 6.87. The maximum Gasteiger partial charge on any atom is 0.327 e. The molecule has 0 saturated carbocycles. The maximum atomic E-state index is 13.5. The second-order valence-corrected chi connectivity index (χ2v) is 9.12. The number of ether oxygens (including phenoxy) is 1. The average Bonchev–Trinajstić information content (AvgIpc) is 3.11. The molecule has 5 rings (SSSR count). The number of rotatable bonds is 4. The zero-order chi connectivity index (χ0) is 23.0. The zero-order valence-corrected chi connectivity index (χ0v) is 20.4. The van der Waals surface area contributed by atoms with Crippen molar-refractivity contribution in [3.8, 4) is 5.75 Å². The van der Waals surface area contributed by atoms with Gasteiger partial charge in [0.25, 0.3) is 0 Å². The van der Waals surface area contributed by atoms with Gasteiger partial charge in [-0.05, 0) is 48.4 Å². The van der Waals surface area contributed by atoms with Gasteiger partial charge in [-0.15, -0.1) is 12.4 Å². The maximum absolute atomic E-state index is 13.5. The summed E-state index contributed by atoms with van der Waals surface area (Å²) in [5, 5.41) is 0.506. The van der Waals surface area contributed by atoms with E-state index in [2.05, 4.69) is 36.1 Å². The molecule has 3 aromatic rings. The van der Waals surface area contributed by atoms with Gasteiger partial charge in [0.2, 0.25) is 5.91 Å². The van der Waals surface area contributed by atoms with Crippen molar-refractivity contribution >= 4 is 41.6 Å². The number of benzene rings is 3. The molecule has 0 aromatic heterocycles. The van der Waals surface area contributed by atoms with Crippen LogP contribution in [0.2, 0.25) is 5.02 Å². The molecule has 5 nitrogen and oxygen atoms in total. The van der Waals surface area contributed by atoms with Gasteiger partial charge in [0, 0.05) is 42.5 Å². The Morgan fingerprint density at radius 2 is 1.71 bits per heavy atom. The Bertz CT molecular complexity index is 1210. The van der Waals surface area contributed by atoms with Gasteiger partial charge in [-0.3, -0.25) is 9.59 Å². The van der Waals surface area contributed by atoms with Gasteiger partial charge in [-0.1, -0.05) is 54.1 Å². The van der Waals surface area contributed by atoms with E-state index in [0.29, 0.717) is 29.4 Å². The highest BCUT2D eigenvalue weighted by Gasteiger charge is 2.52. The van der Waals surface area contributed by atoms with Crippen molar-refractivity contribution in [1.82, 2.24) is 4.90 Å². The Balaban J connectivity index is 0.00000274. The minimum absolute atomic E-state index is 0. The molecule has 1 atom stereocenters. The number of hydrogen-bond donors (Lipinski definition) is 0. The van der Waals surface area contributed by atoms with Gasteiger partial charge in [0.05, 0.1) is 6.42 Å². The van der Waals surface area contributed by atoms with Gasteiger partial charge in [0.1, 0.15) is 11.2 Å². The summed E-state index contributed by atoms with van der Waals surface area (Å²) in [5.74, 6) is -0.0319. The van der Waals surface area contributed by atoms with Gasteiger partial charge in [-0.2, -0.15) is 0 Å². The molecule has 0 bridgehead atoms. The summed E-state index contributed by atoms with van der Waals surface area (Å²) in [6.45, 7) is 4.79. The number of carbonyl (C=O) groups excluding carboxylic acids is 2. The average molecular weight is 497 g/mol. The van der Waals surface area contributed by atoms with E-state index >= 15 is 0 Å². The van der Waals surface area contributed by atoms with Crippen molar-refractivity contribution in [2.45, 2.75) is 18.8 Å². The van der Waals surface area contributed by atoms with Crippen LogP contribution in [0.1, 0.15) is 23.1 Å². The van der Waals surface area contributed by atoms with Crippen molar-refractivity contribution in [2.24, 2.45) is 0 Å². The number of halogens is 2. The van der Waals surface area contributed by atoms with E-state index in [-0.39, 0.29) is 24.7 Å². The minimum Gasteiger partial charge on any atom is -0.425 e. The fourth-order valence-electron chi connectivity index (χ4n) is 4.86. The third-order valence-corrected chi connectivity index (χ3v) is 6.87. The van der Waals surface area contributed by atoms with Crippen molar-refractivity contribution in [3.63, 3.8) is 0 Å². The Labute approximate surface area is 210 Å². The Morgan fingerprint density at radius 1 is 0.971 bits per heavy atom. The third-order valence-electron chi connectivity index (χ3n) is 6.63. The van der Waals surface area contributed by atoms with Crippen LogP contribution in [0.4, 0.5) is 5.69 Å². The molecule has 7 heteroatoms. The standard InChI is InChI=1S/C27H25ClN2O3.ClH/c1-19-6-5-9-22(16-19)29-12-14-30(15-13-29)25(31)18-27(20-7-3-2-4-8-20)23-17-21(28)10-11-24(23)33-26(27)32;/h2-11,16-17H,12-15,18H2,1H3;1H. The van der Waals surface area contributed by atoms with Crippen LogP contribution in [0, 0.1) is 6.92 Å². The van der Waals surface area contributed by atoms with Crippen molar-refractivity contribution in [2.75, 3.05) is 31.1 Å². The lowest BCUT2D eigenvalue weighted by Crippen LogP contribution is -2.51. The summed E-state index contributed by atoms with van der Waals surface area (Å²) in [6.07, 6.45) is 0.00757. The van der Waals surface area contributed by atoms with E-state index in [4.69, 9.17) is 16.3 Å². The molecule has 2 heterocycles. The number of hydrogen-bond acceptors (Lipinski definition) is 4. The first-order valence-corrected chi connectivity index (χ1v) is 11.5. The van der Waals surface area contributed by atoms with Crippen LogP contribution in [-0.2, 0) is 15.0 Å². The first-order valence-electron chi connectivity index (χ1n) is 11.1. The normalized spacial score (nSPS) is 19.3. The predicted molar refractivity (Wildman–Crippen MR) is 136 cm³/mol. The van der Waals surface area contributed by atoms with Gasteiger partial charge < -0.3 is 14.5 Å². The number of nitrogens with zero attached hydrogens (tertiary/aromatic N) is 2. The molecule has 0 N–H and O–H groups in total. The SMILES string of the molecule is Cc1cccc(N2CCN(C(=O)CC3(c4ccccc4)C(=O)Oc4ccc(Cl)cc43)CC2)c1.Cl. The highest BCUT2D eigenvalue weighted by atomic mass is 35.5. The number of anilines is 1. The summed E-state index contributed by atoms with van der Waals surface area (Å²) in [5.41, 5.74) is 2.58. The summed E-state index contributed by atoms with van der Waals surface area (Å²) >= 11 is 6.29. The molecule has 0 radical (unpaired) electrons. The van der Waals surface area contributed by atoms with Crippen LogP contribution in [-0.4, -0.2) is 43.0 Å². The highest BCUT2D eigenvalue weighted by Crippen LogP contribution is 2.48. The zero-order valence-electron chi connectivity index (χ0n) is 18.9. The smallest absolute Gasteiger partial charge is 0.327 e. The molecule has 0 aliphatic carbocycles. The van der Waals surface area contributed by atoms with E-state index in [1.54, 1.807) is 18.2 Å². The second-order valence-electron chi connectivity index (χ2n) is 8.68. The molecular formula is C27H26Cl2N2O3. The summed E-state index contributed by atoms with van der Waals surface area (Å²) < 4.78 is 5.63. The van der Waals surface area contributed by atoms with Crippen LogP contribution >= 0.6 is 24.0 Å². The third kappa shape index (κ3) is 4.26. The topological polar surface area (TPSA) is 49.9 Å².